The second-order valence-corrected chi connectivity index (χ2v) is 4.36. The fraction of sp³-hybridized carbons (Fsp3) is 0.636. The van der Waals surface area contributed by atoms with E-state index in [1.807, 2.05) is 6.92 Å². The lowest BCUT2D eigenvalue weighted by atomic mass is 10.1. The summed E-state index contributed by atoms with van der Waals surface area (Å²) in [6.45, 7) is 3.68. The Morgan fingerprint density at radius 3 is 3.06 bits per heavy atom. The molecule has 1 N–H and O–H groups in total. The molecular weight excluding hydrogens is 242 g/mol. The molecule has 1 atom stereocenters. The van der Waals surface area contributed by atoms with Gasteiger partial charge in [-0.2, -0.15) is 5.10 Å². The Kier molecular flexibility index (Phi) is 6.00. The standard InChI is InChI=1S/C11H18ClN3O2/c1-9(7-15-8-10(12)6-14-15)11(16)13-4-3-5-17-2/h6,8-9H,3-5,7H2,1-2H3,(H,13,16). The molecule has 0 spiro atoms. The quantitative estimate of drug-likeness (QED) is 0.752. The van der Waals surface area contributed by atoms with Crippen LogP contribution < -0.4 is 5.32 Å². The van der Waals surface area contributed by atoms with Crippen molar-refractivity contribution in [3.8, 4) is 0 Å². The van der Waals surface area contributed by atoms with Gasteiger partial charge in [-0.3, -0.25) is 9.48 Å². The SMILES string of the molecule is COCCCNC(=O)C(C)Cn1cc(Cl)cn1. The first kappa shape index (κ1) is 14.0. The third-order valence-electron chi connectivity index (χ3n) is 2.33. The van der Waals surface area contributed by atoms with Gasteiger partial charge in [-0.1, -0.05) is 18.5 Å². The van der Waals surface area contributed by atoms with Crippen LogP contribution in [0, 0.1) is 5.92 Å². The Hall–Kier alpha value is -1.07. The predicted octanol–water partition coefficient (Wildman–Crippen LogP) is 1.33. The molecule has 0 fully saturated rings. The van der Waals surface area contributed by atoms with Crippen molar-refractivity contribution in [3.05, 3.63) is 17.4 Å². The first-order valence-corrected chi connectivity index (χ1v) is 5.96. The molecule has 96 valence electrons. The maximum Gasteiger partial charge on any atom is 0.224 e. The molecule has 17 heavy (non-hydrogen) atoms. The van der Waals surface area contributed by atoms with Crippen molar-refractivity contribution in [3.63, 3.8) is 0 Å². The molecule has 6 heteroatoms. The van der Waals surface area contributed by atoms with Crippen LogP contribution in [0.25, 0.3) is 0 Å². The van der Waals surface area contributed by atoms with Gasteiger partial charge in [0.25, 0.3) is 0 Å². The molecule has 1 rings (SSSR count). The Morgan fingerprint density at radius 1 is 1.71 bits per heavy atom. The van der Waals surface area contributed by atoms with Crippen molar-refractivity contribution < 1.29 is 9.53 Å². The van der Waals surface area contributed by atoms with E-state index in [1.54, 1.807) is 24.2 Å². The molecule has 1 heterocycles. The summed E-state index contributed by atoms with van der Waals surface area (Å²) in [6, 6.07) is 0. The number of rotatable bonds is 7. The zero-order valence-corrected chi connectivity index (χ0v) is 10.9. The zero-order chi connectivity index (χ0) is 12.7. The summed E-state index contributed by atoms with van der Waals surface area (Å²) in [5.41, 5.74) is 0. The molecule has 0 aromatic carbocycles. The van der Waals surface area contributed by atoms with E-state index in [0.29, 0.717) is 24.7 Å². The van der Waals surface area contributed by atoms with E-state index in [9.17, 15) is 4.79 Å². The van der Waals surface area contributed by atoms with Crippen molar-refractivity contribution in [2.24, 2.45) is 5.92 Å². The molecule has 0 aliphatic carbocycles. The summed E-state index contributed by atoms with van der Waals surface area (Å²) in [5.74, 6) is -0.110. The molecule has 1 amide bonds. The minimum atomic E-state index is -0.131. The second kappa shape index (κ2) is 7.29. The molecular formula is C11H18ClN3O2. The predicted molar refractivity (Wildman–Crippen MR) is 65.9 cm³/mol. The minimum Gasteiger partial charge on any atom is -0.385 e. The van der Waals surface area contributed by atoms with Gasteiger partial charge in [0.2, 0.25) is 5.91 Å². The highest BCUT2D eigenvalue weighted by molar-refractivity contribution is 6.30. The first-order valence-electron chi connectivity index (χ1n) is 5.58. The average molecular weight is 260 g/mol. The number of ether oxygens (including phenoxy) is 1. The lowest BCUT2D eigenvalue weighted by Crippen LogP contribution is -2.32. The van der Waals surface area contributed by atoms with Crippen LogP contribution >= 0.6 is 11.6 Å². The van der Waals surface area contributed by atoms with E-state index in [-0.39, 0.29) is 11.8 Å². The van der Waals surface area contributed by atoms with Gasteiger partial charge in [0.1, 0.15) is 0 Å². The summed E-state index contributed by atoms with van der Waals surface area (Å²) >= 11 is 5.74. The largest absolute Gasteiger partial charge is 0.385 e. The number of nitrogens with one attached hydrogen (secondary N) is 1. The third-order valence-corrected chi connectivity index (χ3v) is 2.53. The number of aromatic nitrogens is 2. The van der Waals surface area contributed by atoms with Crippen LogP contribution in [0.4, 0.5) is 0 Å². The zero-order valence-electron chi connectivity index (χ0n) is 10.1. The number of halogens is 1. The lowest BCUT2D eigenvalue weighted by molar-refractivity contribution is -0.124. The topological polar surface area (TPSA) is 56.1 Å². The summed E-state index contributed by atoms with van der Waals surface area (Å²) in [5, 5.41) is 7.47. The van der Waals surface area contributed by atoms with Crippen LogP contribution in [0.3, 0.4) is 0 Å². The third kappa shape index (κ3) is 5.19. The van der Waals surface area contributed by atoms with Crippen LogP contribution in [0.5, 0.6) is 0 Å². The Bertz CT molecular complexity index is 354. The van der Waals surface area contributed by atoms with Crippen LogP contribution in [0.1, 0.15) is 13.3 Å². The monoisotopic (exact) mass is 259 g/mol. The van der Waals surface area contributed by atoms with Gasteiger partial charge in [-0.15, -0.1) is 0 Å². The number of carbonyl (C=O) groups excluding carboxylic acids is 1. The fourth-order valence-corrected chi connectivity index (χ4v) is 1.56. The van der Waals surface area contributed by atoms with E-state index in [2.05, 4.69) is 10.4 Å². The molecule has 5 nitrogen and oxygen atoms in total. The Morgan fingerprint density at radius 2 is 2.47 bits per heavy atom. The highest BCUT2D eigenvalue weighted by Crippen LogP contribution is 2.07. The molecule has 0 aliphatic rings. The number of amides is 1. The summed E-state index contributed by atoms with van der Waals surface area (Å²) in [4.78, 5) is 11.7. The summed E-state index contributed by atoms with van der Waals surface area (Å²) in [6.07, 6.45) is 4.09. The smallest absolute Gasteiger partial charge is 0.224 e. The maximum absolute atomic E-state index is 11.7. The summed E-state index contributed by atoms with van der Waals surface area (Å²) < 4.78 is 6.57. The van der Waals surface area contributed by atoms with Crippen LogP contribution in [-0.4, -0.2) is 35.9 Å². The van der Waals surface area contributed by atoms with E-state index in [4.69, 9.17) is 16.3 Å². The number of hydrogen-bond donors (Lipinski definition) is 1. The van der Waals surface area contributed by atoms with Gasteiger partial charge in [-0.05, 0) is 6.42 Å². The lowest BCUT2D eigenvalue weighted by Gasteiger charge is -2.12. The molecule has 0 aliphatic heterocycles. The molecule has 0 saturated heterocycles. The molecule has 0 bridgehead atoms. The number of methoxy groups -OCH3 is 1. The number of nitrogens with zero attached hydrogens (tertiary/aromatic N) is 2. The summed E-state index contributed by atoms with van der Waals surface area (Å²) in [7, 11) is 1.64. The van der Waals surface area contributed by atoms with Crippen molar-refractivity contribution in [2.75, 3.05) is 20.3 Å². The number of carbonyl (C=O) groups is 1. The van der Waals surface area contributed by atoms with Gasteiger partial charge < -0.3 is 10.1 Å². The van der Waals surface area contributed by atoms with E-state index in [1.165, 1.54) is 0 Å². The van der Waals surface area contributed by atoms with Gasteiger partial charge in [-0.25, -0.2) is 0 Å². The average Bonchev–Trinajstić information content (AvgIpc) is 2.70. The minimum absolute atomic E-state index is 0.0210. The van der Waals surface area contributed by atoms with Gasteiger partial charge in [0.15, 0.2) is 0 Å². The van der Waals surface area contributed by atoms with Crippen LogP contribution in [0.15, 0.2) is 12.4 Å². The van der Waals surface area contributed by atoms with Crippen LogP contribution in [0.2, 0.25) is 5.02 Å². The van der Waals surface area contributed by atoms with Gasteiger partial charge in [0, 0.05) is 26.5 Å². The van der Waals surface area contributed by atoms with Crippen molar-refractivity contribution in [1.29, 1.82) is 0 Å². The van der Waals surface area contributed by atoms with Crippen molar-refractivity contribution in [1.82, 2.24) is 15.1 Å². The molecule has 1 unspecified atom stereocenters. The number of hydrogen-bond acceptors (Lipinski definition) is 3. The van der Waals surface area contributed by atoms with E-state index >= 15 is 0 Å². The highest BCUT2D eigenvalue weighted by atomic mass is 35.5. The normalized spacial score (nSPS) is 12.4. The Labute approximate surface area is 106 Å². The second-order valence-electron chi connectivity index (χ2n) is 3.92. The van der Waals surface area contributed by atoms with E-state index < -0.39 is 0 Å². The van der Waals surface area contributed by atoms with Gasteiger partial charge in [0.05, 0.1) is 23.7 Å². The molecule has 0 radical (unpaired) electrons. The molecule has 0 saturated carbocycles. The maximum atomic E-state index is 11.7. The van der Waals surface area contributed by atoms with Crippen molar-refractivity contribution >= 4 is 17.5 Å². The fourth-order valence-electron chi connectivity index (χ4n) is 1.40. The van der Waals surface area contributed by atoms with Gasteiger partial charge >= 0.3 is 0 Å². The molecule has 1 aromatic rings. The highest BCUT2D eigenvalue weighted by Gasteiger charge is 2.13. The van der Waals surface area contributed by atoms with Crippen LogP contribution in [-0.2, 0) is 16.1 Å². The van der Waals surface area contributed by atoms with Crippen molar-refractivity contribution in [2.45, 2.75) is 19.9 Å². The first-order chi connectivity index (χ1) is 8.13. The Balaban J connectivity index is 2.27. The molecule has 1 aromatic heterocycles. The van der Waals surface area contributed by atoms with E-state index in [0.717, 1.165) is 6.42 Å².